The third-order valence-electron chi connectivity index (χ3n) is 3.00. The van der Waals surface area contributed by atoms with E-state index in [1.54, 1.807) is 0 Å². The second-order valence-corrected chi connectivity index (χ2v) is 4.92. The van der Waals surface area contributed by atoms with Crippen molar-refractivity contribution < 1.29 is 0 Å². The van der Waals surface area contributed by atoms with E-state index in [9.17, 15) is 0 Å². The number of aromatic nitrogens is 2. The Hall–Kier alpha value is -1.32. The highest BCUT2D eigenvalue weighted by atomic mass is 35.5. The fraction of sp³-hybridized carbons (Fsp3) is 0.357. The molecule has 2 N–H and O–H groups in total. The van der Waals surface area contributed by atoms with Gasteiger partial charge in [0.05, 0.1) is 12.7 Å². The van der Waals surface area contributed by atoms with Gasteiger partial charge < -0.3 is 5.73 Å². The molecular formula is C14H18ClN3. The van der Waals surface area contributed by atoms with Gasteiger partial charge in [-0.25, -0.2) is 0 Å². The van der Waals surface area contributed by atoms with Crippen LogP contribution in [-0.2, 0) is 13.0 Å². The number of halogens is 1. The average molecular weight is 264 g/mol. The number of nitrogens with zero attached hydrogens (tertiary/aromatic N) is 2. The lowest BCUT2D eigenvalue weighted by Gasteiger charge is -2.06. The molecule has 2 aromatic rings. The Labute approximate surface area is 113 Å². The molecule has 1 aromatic carbocycles. The molecule has 0 fully saturated rings. The van der Waals surface area contributed by atoms with Crippen LogP contribution in [0.15, 0.2) is 36.7 Å². The molecule has 0 bridgehead atoms. The summed E-state index contributed by atoms with van der Waals surface area (Å²) in [4.78, 5) is 0. The number of rotatable bonds is 5. The van der Waals surface area contributed by atoms with Crippen LogP contribution in [0, 0.1) is 0 Å². The van der Waals surface area contributed by atoms with E-state index in [-0.39, 0.29) is 6.04 Å². The van der Waals surface area contributed by atoms with Crippen LogP contribution in [0.3, 0.4) is 0 Å². The minimum Gasteiger partial charge on any atom is -0.327 e. The van der Waals surface area contributed by atoms with E-state index in [0.29, 0.717) is 6.54 Å². The van der Waals surface area contributed by atoms with Crippen LogP contribution < -0.4 is 5.73 Å². The van der Waals surface area contributed by atoms with E-state index in [1.165, 1.54) is 5.56 Å². The molecule has 0 aliphatic carbocycles. The Balaban J connectivity index is 2.05. The fourth-order valence-corrected chi connectivity index (χ4v) is 2.04. The van der Waals surface area contributed by atoms with E-state index < -0.39 is 0 Å². The first-order chi connectivity index (χ1) is 8.69. The Morgan fingerprint density at radius 3 is 2.89 bits per heavy atom. The van der Waals surface area contributed by atoms with Gasteiger partial charge in [-0.1, -0.05) is 36.7 Å². The summed E-state index contributed by atoms with van der Waals surface area (Å²) in [5, 5.41) is 5.12. The van der Waals surface area contributed by atoms with E-state index in [0.717, 1.165) is 23.4 Å². The van der Waals surface area contributed by atoms with Crippen LogP contribution in [0.1, 0.15) is 24.5 Å². The first kappa shape index (κ1) is 13.1. The third-order valence-corrected chi connectivity index (χ3v) is 3.37. The molecule has 18 heavy (non-hydrogen) atoms. The van der Waals surface area contributed by atoms with E-state index >= 15 is 0 Å². The van der Waals surface area contributed by atoms with Crippen molar-refractivity contribution in [3.63, 3.8) is 0 Å². The molecule has 1 atom stereocenters. The van der Waals surface area contributed by atoms with E-state index in [4.69, 9.17) is 17.3 Å². The molecule has 0 aliphatic rings. The molecule has 0 amide bonds. The minimum atomic E-state index is 0.211. The van der Waals surface area contributed by atoms with Crippen LogP contribution in [0.2, 0.25) is 5.02 Å². The van der Waals surface area contributed by atoms with Gasteiger partial charge in [-0.2, -0.15) is 5.10 Å². The van der Waals surface area contributed by atoms with Crippen molar-refractivity contribution in [1.29, 1.82) is 0 Å². The highest BCUT2D eigenvalue weighted by Gasteiger charge is 2.05. The van der Waals surface area contributed by atoms with Gasteiger partial charge in [-0.3, -0.25) is 4.68 Å². The maximum Gasteiger partial charge on any atom is 0.0673 e. The summed E-state index contributed by atoms with van der Waals surface area (Å²) in [6.07, 6.45) is 5.78. The van der Waals surface area contributed by atoms with Crippen molar-refractivity contribution in [2.45, 2.75) is 32.4 Å². The predicted molar refractivity (Wildman–Crippen MR) is 74.8 cm³/mol. The van der Waals surface area contributed by atoms with Crippen molar-refractivity contribution >= 4 is 11.6 Å². The Kier molecular flexibility index (Phi) is 4.39. The summed E-state index contributed by atoms with van der Waals surface area (Å²) in [6.45, 7) is 2.79. The lowest BCUT2D eigenvalue weighted by atomic mass is 10.1. The Bertz CT molecular complexity index is 507. The zero-order chi connectivity index (χ0) is 13.0. The van der Waals surface area contributed by atoms with Crippen molar-refractivity contribution in [2.24, 2.45) is 5.73 Å². The van der Waals surface area contributed by atoms with Gasteiger partial charge in [0.25, 0.3) is 0 Å². The van der Waals surface area contributed by atoms with Gasteiger partial charge in [0.15, 0.2) is 0 Å². The zero-order valence-electron chi connectivity index (χ0n) is 10.5. The molecular weight excluding hydrogens is 246 g/mol. The third kappa shape index (κ3) is 3.34. The van der Waals surface area contributed by atoms with Crippen molar-refractivity contribution in [2.75, 3.05) is 0 Å². The molecule has 1 heterocycles. The Morgan fingerprint density at radius 2 is 2.17 bits per heavy atom. The maximum atomic E-state index is 6.13. The highest BCUT2D eigenvalue weighted by molar-refractivity contribution is 6.31. The Morgan fingerprint density at radius 1 is 1.39 bits per heavy atom. The van der Waals surface area contributed by atoms with Gasteiger partial charge in [-0.15, -0.1) is 0 Å². The SMILES string of the molecule is CCC(N)Cc1cnn(Cc2ccccc2Cl)c1. The smallest absolute Gasteiger partial charge is 0.0673 e. The largest absolute Gasteiger partial charge is 0.327 e. The summed E-state index contributed by atoms with van der Waals surface area (Å²) < 4.78 is 1.90. The van der Waals surface area contributed by atoms with Crippen molar-refractivity contribution in [1.82, 2.24) is 9.78 Å². The molecule has 3 nitrogen and oxygen atoms in total. The standard InChI is InChI=1S/C14H18ClN3/c1-2-13(16)7-11-8-17-18(9-11)10-12-5-3-4-6-14(12)15/h3-6,8-9,13H,2,7,10,16H2,1H3. The predicted octanol–water partition coefficient (Wildman–Crippen LogP) is 2.86. The second-order valence-electron chi connectivity index (χ2n) is 4.51. The van der Waals surface area contributed by atoms with Gasteiger partial charge in [0.1, 0.15) is 0 Å². The van der Waals surface area contributed by atoms with Crippen LogP contribution in [-0.4, -0.2) is 15.8 Å². The highest BCUT2D eigenvalue weighted by Crippen LogP contribution is 2.16. The van der Waals surface area contributed by atoms with Crippen LogP contribution in [0.4, 0.5) is 0 Å². The molecule has 4 heteroatoms. The monoisotopic (exact) mass is 263 g/mol. The lowest BCUT2D eigenvalue weighted by molar-refractivity contribution is 0.644. The molecule has 0 radical (unpaired) electrons. The fourth-order valence-electron chi connectivity index (χ4n) is 1.85. The average Bonchev–Trinajstić information content (AvgIpc) is 2.79. The minimum absolute atomic E-state index is 0.211. The molecule has 0 saturated heterocycles. The van der Waals surface area contributed by atoms with Gasteiger partial charge >= 0.3 is 0 Å². The topological polar surface area (TPSA) is 43.8 Å². The number of benzene rings is 1. The van der Waals surface area contributed by atoms with Crippen molar-refractivity contribution in [3.8, 4) is 0 Å². The summed E-state index contributed by atoms with van der Waals surface area (Å²) in [5.74, 6) is 0. The van der Waals surface area contributed by atoms with E-state index in [2.05, 4.69) is 12.0 Å². The molecule has 2 rings (SSSR count). The van der Waals surface area contributed by atoms with Crippen LogP contribution >= 0.6 is 11.6 Å². The summed E-state index contributed by atoms with van der Waals surface area (Å²) in [6, 6.07) is 8.04. The molecule has 1 unspecified atom stereocenters. The van der Waals surface area contributed by atoms with Gasteiger partial charge in [0.2, 0.25) is 0 Å². The molecule has 1 aromatic heterocycles. The van der Waals surface area contributed by atoms with Gasteiger partial charge in [0, 0.05) is 17.3 Å². The number of nitrogens with two attached hydrogens (primary N) is 1. The van der Waals surface area contributed by atoms with Crippen LogP contribution in [0.5, 0.6) is 0 Å². The first-order valence-corrected chi connectivity index (χ1v) is 6.57. The maximum absolute atomic E-state index is 6.13. The first-order valence-electron chi connectivity index (χ1n) is 6.19. The summed E-state index contributed by atoms with van der Waals surface area (Å²) >= 11 is 6.13. The van der Waals surface area contributed by atoms with Crippen molar-refractivity contribution in [3.05, 3.63) is 52.8 Å². The molecule has 0 saturated carbocycles. The summed E-state index contributed by atoms with van der Waals surface area (Å²) in [5.41, 5.74) is 8.19. The molecule has 0 aliphatic heterocycles. The zero-order valence-corrected chi connectivity index (χ0v) is 11.3. The number of hydrogen-bond acceptors (Lipinski definition) is 2. The summed E-state index contributed by atoms with van der Waals surface area (Å²) in [7, 11) is 0. The normalized spacial score (nSPS) is 12.6. The number of hydrogen-bond donors (Lipinski definition) is 1. The van der Waals surface area contributed by atoms with Gasteiger partial charge in [-0.05, 0) is 30.0 Å². The molecule has 0 spiro atoms. The quantitative estimate of drug-likeness (QED) is 0.902. The second kappa shape index (κ2) is 6.03. The molecule has 96 valence electrons. The lowest BCUT2D eigenvalue weighted by Crippen LogP contribution is -2.21. The van der Waals surface area contributed by atoms with Crippen LogP contribution in [0.25, 0.3) is 0 Å². The van der Waals surface area contributed by atoms with E-state index in [1.807, 2.05) is 41.3 Å².